The molecule has 130 valence electrons. The molecular formula is C17H25N5O2. The van der Waals surface area contributed by atoms with Gasteiger partial charge in [0.05, 0.1) is 0 Å². The summed E-state index contributed by atoms with van der Waals surface area (Å²) in [5.41, 5.74) is 6.02. The molecule has 2 saturated heterocycles. The van der Waals surface area contributed by atoms with Crippen molar-refractivity contribution < 1.29 is 9.90 Å². The van der Waals surface area contributed by atoms with E-state index in [1.54, 1.807) is 17.2 Å². The lowest BCUT2D eigenvalue weighted by Gasteiger charge is -2.51. The zero-order valence-electron chi connectivity index (χ0n) is 13.9. The molecule has 1 spiro atoms. The van der Waals surface area contributed by atoms with Crippen molar-refractivity contribution in [1.82, 2.24) is 19.8 Å². The molecule has 0 aromatic carbocycles. The summed E-state index contributed by atoms with van der Waals surface area (Å²) in [4.78, 5) is 24.0. The van der Waals surface area contributed by atoms with E-state index in [9.17, 15) is 4.79 Å². The number of aromatic nitrogens is 2. The third kappa shape index (κ3) is 2.81. The van der Waals surface area contributed by atoms with Crippen molar-refractivity contribution >= 4 is 11.9 Å². The zero-order valence-corrected chi connectivity index (χ0v) is 13.9. The van der Waals surface area contributed by atoms with Crippen molar-refractivity contribution in [2.45, 2.75) is 44.1 Å². The molecule has 1 aromatic rings. The predicted molar refractivity (Wildman–Crippen MR) is 89.7 cm³/mol. The number of anilines is 1. The Morgan fingerprint density at radius 3 is 2.67 bits per heavy atom. The molecule has 3 N–H and O–H groups in total. The van der Waals surface area contributed by atoms with Gasteiger partial charge in [-0.15, -0.1) is 0 Å². The Morgan fingerprint density at radius 2 is 2.04 bits per heavy atom. The van der Waals surface area contributed by atoms with Crippen molar-refractivity contribution in [2.24, 2.45) is 5.41 Å². The Labute approximate surface area is 141 Å². The average molecular weight is 331 g/mol. The van der Waals surface area contributed by atoms with Crippen LogP contribution < -0.4 is 5.73 Å². The molecule has 1 amide bonds. The van der Waals surface area contributed by atoms with Crippen LogP contribution in [0.15, 0.2) is 12.3 Å². The molecule has 3 aliphatic rings. The maximum absolute atomic E-state index is 11.1. The van der Waals surface area contributed by atoms with Crippen LogP contribution in [0.25, 0.3) is 0 Å². The summed E-state index contributed by atoms with van der Waals surface area (Å²) >= 11 is 0. The van der Waals surface area contributed by atoms with E-state index in [0.717, 1.165) is 57.6 Å². The van der Waals surface area contributed by atoms with Gasteiger partial charge >= 0.3 is 6.09 Å². The third-order valence-electron chi connectivity index (χ3n) is 6.15. The maximum atomic E-state index is 11.1. The Kier molecular flexibility index (Phi) is 3.83. The molecule has 0 unspecified atom stereocenters. The van der Waals surface area contributed by atoms with E-state index < -0.39 is 6.09 Å². The highest BCUT2D eigenvalue weighted by Crippen LogP contribution is 2.50. The van der Waals surface area contributed by atoms with E-state index in [4.69, 9.17) is 10.8 Å². The van der Waals surface area contributed by atoms with Gasteiger partial charge in [-0.05, 0) is 56.7 Å². The number of carboxylic acid groups (broad SMARTS) is 1. The molecule has 1 aromatic heterocycles. The summed E-state index contributed by atoms with van der Waals surface area (Å²) < 4.78 is 0. The highest BCUT2D eigenvalue weighted by molar-refractivity contribution is 5.65. The molecule has 0 radical (unpaired) electrons. The van der Waals surface area contributed by atoms with Gasteiger partial charge < -0.3 is 20.6 Å². The maximum Gasteiger partial charge on any atom is 0.407 e. The number of likely N-dealkylation sites (tertiary alicyclic amines) is 2. The number of rotatable bonds is 2. The molecular weight excluding hydrogens is 306 g/mol. The van der Waals surface area contributed by atoms with Gasteiger partial charge in [0, 0.05) is 31.2 Å². The second-order valence-corrected chi connectivity index (χ2v) is 7.67. The van der Waals surface area contributed by atoms with Crippen molar-refractivity contribution in [2.75, 3.05) is 31.9 Å². The Hall–Kier alpha value is -1.89. The number of nitrogens with zero attached hydrogens (tertiary/aromatic N) is 4. The third-order valence-corrected chi connectivity index (χ3v) is 6.15. The van der Waals surface area contributed by atoms with Crippen LogP contribution in [-0.4, -0.2) is 63.2 Å². The van der Waals surface area contributed by atoms with Crippen LogP contribution in [0.5, 0.6) is 0 Å². The van der Waals surface area contributed by atoms with Gasteiger partial charge in [0.2, 0.25) is 0 Å². The van der Waals surface area contributed by atoms with Crippen LogP contribution in [0.3, 0.4) is 0 Å². The van der Waals surface area contributed by atoms with Gasteiger partial charge in [-0.1, -0.05) is 0 Å². The minimum atomic E-state index is -0.765. The predicted octanol–water partition coefficient (Wildman–Crippen LogP) is 1.77. The minimum absolute atomic E-state index is 0.261. The fraction of sp³-hybridized carbons (Fsp3) is 0.706. The van der Waals surface area contributed by atoms with Crippen molar-refractivity contribution in [1.29, 1.82) is 0 Å². The van der Waals surface area contributed by atoms with E-state index >= 15 is 0 Å². The highest BCUT2D eigenvalue weighted by atomic mass is 16.4. The lowest BCUT2D eigenvalue weighted by molar-refractivity contribution is -0.00420. The zero-order chi connectivity index (χ0) is 16.7. The summed E-state index contributed by atoms with van der Waals surface area (Å²) in [5.74, 6) is 1.84. The minimum Gasteiger partial charge on any atom is -0.465 e. The van der Waals surface area contributed by atoms with E-state index in [-0.39, 0.29) is 5.41 Å². The molecule has 24 heavy (non-hydrogen) atoms. The van der Waals surface area contributed by atoms with Gasteiger partial charge in [-0.3, -0.25) is 0 Å². The second-order valence-electron chi connectivity index (χ2n) is 7.67. The molecule has 4 rings (SSSR count). The van der Waals surface area contributed by atoms with Crippen molar-refractivity contribution in [3.63, 3.8) is 0 Å². The first-order chi connectivity index (χ1) is 11.5. The molecule has 0 atom stereocenters. The quantitative estimate of drug-likeness (QED) is 0.857. The summed E-state index contributed by atoms with van der Waals surface area (Å²) in [5, 5.41) is 9.13. The number of amides is 1. The SMILES string of the molecule is Nc1ccnc(C2CCN(C3CC4(CCN(C(=O)O)C4)C3)CC2)n1. The van der Waals surface area contributed by atoms with Crippen LogP contribution in [0.2, 0.25) is 0 Å². The molecule has 3 heterocycles. The number of hydrogen-bond donors (Lipinski definition) is 2. The summed E-state index contributed by atoms with van der Waals surface area (Å²) in [6.07, 6.45) is 6.46. The Balaban J connectivity index is 1.28. The first-order valence-electron chi connectivity index (χ1n) is 8.85. The summed E-state index contributed by atoms with van der Waals surface area (Å²) in [6.45, 7) is 3.59. The first-order valence-corrected chi connectivity index (χ1v) is 8.85. The van der Waals surface area contributed by atoms with Crippen LogP contribution in [0, 0.1) is 5.41 Å². The smallest absolute Gasteiger partial charge is 0.407 e. The Bertz CT molecular complexity index is 623. The van der Waals surface area contributed by atoms with E-state index in [2.05, 4.69) is 14.9 Å². The molecule has 2 aliphatic heterocycles. The molecule has 0 bridgehead atoms. The molecule has 1 saturated carbocycles. The summed E-state index contributed by atoms with van der Waals surface area (Å²) in [7, 11) is 0. The molecule has 7 heteroatoms. The van der Waals surface area contributed by atoms with Crippen LogP contribution in [0.1, 0.15) is 43.8 Å². The molecule has 3 fully saturated rings. The normalized spacial score (nSPS) is 31.3. The number of nitrogen functional groups attached to an aromatic ring is 1. The monoisotopic (exact) mass is 331 g/mol. The van der Waals surface area contributed by atoms with Crippen molar-refractivity contribution in [3.05, 3.63) is 18.1 Å². The van der Waals surface area contributed by atoms with Crippen LogP contribution in [-0.2, 0) is 0 Å². The summed E-state index contributed by atoms with van der Waals surface area (Å²) in [6, 6.07) is 2.36. The fourth-order valence-corrected chi connectivity index (χ4v) is 4.74. The van der Waals surface area contributed by atoms with Gasteiger partial charge in [0.25, 0.3) is 0 Å². The van der Waals surface area contributed by atoms with Crippen molar-refractivity contribution in [3.8, 4) is 0 Å². The molecule has 7 nitrogen and oxygen atoms in total. The Morgan fingerprint density at radius 1 is 1.29 bits per heavy atom. The lowest BCUT2D eigenvalue weighted by Crippen LogP contribution is -2.54. The first kappa shape index (κ1) is 15.6. The van der Waals surface area contributed by atoms with Gasteiger partial charge in [-0.2, -0.15) is 0 Å². The molecule has 1 aliphatic carbocycles. The standard InChI is InChI=1S/C17H25N5O2/c18-14-1-5-19-15(20-14)12-2-6-21(7-3-12)13-9-17(10-13)4-8-22(11-17)16(23)24/h1,5,12-13H,2-4,6-11H2,(H,23,24)(H2,18,19,20). The second kappa shape index (κ2) is 5.88. The number of piperidine rings is 1. The number of carbonyl (C=O) groups is 1. The van der Waals surface area contributed by atoms with Gasteiger partial charge in [0.1, 0.15) is 11.6 Å². The van der Waals surface area contributed by atoms with Crippen LogP contribution >= 0.6 is 0 Å². The van der Waals surface area contributed by atoms with E-state index in [0.29, 0.717) is 24.3 Å². The van der Waals surface area contributed by atoms with Crippen LogP contribution in [0.4, 0.5) is 10.6 Å². The number of hydrogen-bond acceptors (Lipinski definition) is 5. The fourth-order valence-electron chi connectivity index (χ4n) is 4.74. The highest BCUT2D eigenvalue weighted by Gasteiger charge is 2.51. The van der Waals surface area contributed by atoms with Gasteiger partial charge in [0.15, 0.2) is 0 Å². The lowest BCUT2D eigenvalue weighted by atomic mass is 9.64. The average Bonchev–Trinajstić information content (AvgIpc) is 3.00. The van der Waals surface area contributed by atoms with E-state index in [1.165, 1.54) is 0 Å². The van der Waals surface area contributed by atoms with Gasteiger partial charge in [-0.25, -0.2) is 14.8 Å². The van der Waals surface area contributed by atoms with E-state index in [1.807, 2.05) is 0 Å². The number of nitrogens with two attached hydrogens (primary N) is 1. The topological polar surface area (TPSA) is 95.6 Å². The largest absolute Gasteiger partial charge is 0.465 e.